The first kappa shape index (κ1) is 24.0. The van der Waals surface area contributed by atoms with Crippen LogP contribution in [-0.2, 0) is 17.6 Å². The third-order valence-corrected chi connectivity index (χ3v) is 5.82. The first-order chi connectivity index (χ1) is 13.7. The van der Waals surface area contributed by atoms with Gasteiger partial charge in [-0.15, -0.1) is 24.0 Å². The van der Waals surface area contributed by atoms with Crippen LogP contribution in [0.2, 0.25) is 0 Å². The molecule has 1 saturated heterocycles. The van der Waals surface area contributed by atoms with Gasteiger partial charge < -0.3 is 19.9 Å². The molecule has 2 N–H and O–H groups in total. The molecule has 0 bridgehead atoms. The van der Waals surface area contributed by atoms with Gasteiger partial charge in [-0.2, -0.15) is 0 Å². The van der Waals surface area contributed by atoms with E-state index in [0.717, 1.165) is 57.6 Å². The van der Waals surface area contributed by atoms with E-state index in [9.17, 15) is 0 Å². The number of guanidine groups is 1. The maximum Gasteiger partial charge on any atom is 0.193 e. The van der Waals surface area contributed by atoms with Crippen LogP contribution in [-0.4, -0.2) is 55.7 Å². The lowest BCUT2D eigenvalue weighted by atomic mass is 9.96. The van der Waals surface area contributed by atoms with E-state index in [0.29, 0.717) is 0 Å². The van der Waals surface area contributed by atoms with Crippen LogP contribution >= 0.6 is 24.0 Å². The van der Waals surface area contributed by atoms with Crippen LogP contribution in [0.4, 0.5) is 0 Å². The topological polar surface area (TPSA) is 52.7 Å². The van der Waals surface area contributed by atoms with Crippen molar-refractivity contribution in [1.82, 2.24) is 15.2 Å². The molecular formula is C23H37IN4O. The number of aryl methyl sites for hydroxylation is 1. The van der Waals surface area contributed by atoms with Gasteiger partial charge in [0.2, 0.25) is 0 Å². The molecule has 1 fully saturated rings. The molecule has 2 aromatic rings. The Morgan fingerprint density at radius 1 is 1.24 bits per heavy atom. The number of rotatable bonds is 8. The van der Waals surface area contributed by atoms with Crippen molar-refractivity contribution in [2.75, 3.05) is 39.9 Å². The number of hydrogen-bond donors (Lipinski definition) is 2. The molecule has 1 aromatic heterocycles. The second kappa shape index (κ2) is 12.4. The molecule has 0 atom stereocenters. The highest BCUT2D eigenvalue weighted by molar-refractivity contribution is 14.0. The van der Waals surface area contributed by atoms with Gasteiger partial charge in [-0.05, 0) is 56.1 Å². The number of nitrogens with one attached hydrogen (secondary N) is 2. The molecule has 2 heterocycles. The van der Waals surface area contributed by atoms with Crippen LogP contribution in [0.5, 0.6) is 0 Å². The van der Waals surface area contributed by atoms with E-state index in [1.807, 2.05) is 0 Å². The van der Waals surface area contributed by atoms with Crippen LogP contribution in [0.25, 0.3) is 10.9 Å². The quantitative estimate of drug-likeness (QED) is 0.309. The Bertz CT molecular complexity index is 767. The number of aliphatic imine (C=N–C) groups is 1. The Morgan fingerprint density at radius 2 is 2.03 bits per heavy atom. The molecule has 0 aliphatic carbocycles. The smallest absolute Gasteiger partial charge is 0.193 e. The van der Waals surface area contributed by atoms with Crippen molar-refractivity contribution < 1.29 is 4.74 Å². The summed E-state index contributed by atoms with van der Waals surface area (Å²) in [5.74, 6) is 1.81. The summed E-state index contributed by atoms with van der Waals surface area (Å²) in [6.45, 7) is 8.93. The van der Waals surface area contributed by atoms with Crippen LogP contribution < -0.4 is 5.32 Å². The van der Waals surface area contributed by atoms with Gasteiger partial charge >= 0.3 is 0 Å². The van der Waals surface area contributed by atoms with Crippen LogP contribution in [0.15, 0.2) is 29.4 Å². The highest BCUT2D eigenvalue weighted by atomic mass is 127. The van der Waals surface area contributed by atoms with Crippen molar-refractivity contribution in [1.29, 1.82) is 0 Å². The van der Waals surface area contributed by atoms with Gasteiger partial charge in [-0.3, -0.25) is 4.99 Å². The largest absolute Gasteiger partial charge is 0.381 e. The van der Waals surface area contributed by atoms with E-state index in [1.165, 1.54) is 41.3 Å². The summed E-state index contributed by atoms with van der Waals surface area (Å²) in [7, 11) is 2.15. The summed E-state index contributed by atoms with van der Waals surface area (Å²) in [5, 5.41) is 4.79. The molecule has 1 aromatic carbocycles. The number of ether oxygens (including phenoxy) is 1. The lowest BCUT2D eigenvalue weighted by Gasteiger charge is -2.26. The fraction of sp³-hybridized carbons (Fsp3) is 0.609. The van der Waals surface area contributed by atoms with E-state index in [4.69, 9.17) is 9.73 Å². The predicted octanol–water partition coefficient (Wildman–Crippen LogP) is 4.60. The van der Waals surface area contributed by atoms with Crippen LogP contribution in [0.3, 0.4) is 0 Å². The van der Waals surface area contributed by atoms with Gasteiger partial charge in [0.25, 0.3) is 0 Å². The van der Waals surface area contributed by atoms with Crippen LogP contribution in [0, 0.1) is 5.92 Å². The standard InChI is InChI=1S/C23H36N4O.HI/c1-4-19-7-6-8-21-20(17-26-22(19)21)9-13-25-23(24-5-2)27(3)14-10-18-11-15-28-16-12-18;/h6-8,17-18,26H,4-5,9-16H2,1-3H3,(H,24,25);1H. The Kier molecular flexibility index (Phi) is 10.3. The van der Waals surface area contributed by atoms with Gasteiger partial charge in [0.1, 0.15) is 0 Å². The predicted molar refractivity (Wildman–Crippen MR) is 134 cm³/mol. The molecule has 0 radical (unpaired) electrons. The van der Waals surface area contributed by atoms with Gasteiger partial charge in [-0.25, -0.2) is 0 Å². The molecule has 1 aliphatic heterocycles. The monoisotopic (exact) mass is 512 g/mol. The molecule has 5 nitrogen and oxygen atoms in total. The van der Waals surface area contributed by atoms with Crippen molar-refractivity contribution >= 4 is 40.8 Å². The first-order valence-electron chi connectivity index (χ1n) is 10.9. The molecule has 0 saturated carbocycles. The molecule has 1 aliphatic rings. The number of H-pyrrole nitrogens is 1. The number of halogens is 1. The average Bonchev–Trinajstić information content (AvgIpc) is 3.15. The fourth-order valence-electron chi connectivity index (χ4n) is 4.05. The zero-order valence-electron chi connectivity index (χ0n) is 18.2. The van der Waals surface area contributed by atoms with E-state index in [1.54, 1.807) is 0 Å². The molecule has 0 amide bonds. The van der Waals surface area contributed by atoms with Gasteiger partial charge in [0, 0.05) is 57.0 Å². The normalized spacial score (nSPS) is 15.3. The molecule has 0 spiro atoms. The maximum absolute atomic E-state index is 5.47. The van der Waals surface area contributed by atoms with Crippen LogP contribution in [0.1, 0.15) is 44.2 Å². The summed E-state index contributed by atoms with van der Waals surface area (Å²) < 4.78 is 5.47. The third kappa shape index (κ3) is 6.60. The number of nitrogens with zero attached hydrogens (tertiary/aromatic N) is 2. The Morgan fingerprint density at radius 3 is 2.76 bits per heavy atom. The van der Waals surface area contributed by atoms with Crippen molar-refractivity contribution in [2.45, 2.75) is 46.0 Å². The fourth-order valence-corrected chi connectivity index (χ4v) is 4.05. The summed E-state index contributed by atoms with van der Waals surface area (Å²) in [5.41, 5.74) is 4.02. The van der Waals surface area contributed by atoms with Gasteiger partial charge in [0.05, 0.1) is 0 Å². The lowest BCUT2D eigenvalue weighted by molar-refractivity contribution is 0.0625. The zero-order valence-corrected chi connectivity index (χ0v) is 20.5. The van der Waals surface area contributed by atoms with Crippen molar-refractivity contribution in [2.24, 2.45) is 10.9 Å². The Balaban J connectivity index is 0.00000300. The Hall–Kier alpha value is -1.28. The summed E-state index contributed by atoms with van der Waals surface area (Å²) in [6, 6.07) is 6.59. The second-order valence-electron chi connectivity index (χ2n) is 7.76. The molecule has 0 unspecified atom stereocenters. The average molecular weight is 512 g/mol. The number of aromatic nitrogens is 1. The molecule has 6 heteroatoms. The minimum atomic E-state index is 0. The lowest BCUT2D eigenvalue weighted by Crippen LogP contribution is -2.40. The highest BCUT2D eigenvalue weighted by Gasteiger charge is 2.15. The minimum Gasteiger partial charge on any atom is -0.381 e. The molecular weight excluding hydrogens is 475 g/mol. The molecule has 29 heavy (non-hydrogen) atoms. The molecule has 3 rings (SSSR count). The number of fused-ring (bicyclic) bond motifs is 1. The minimum absolute atomic E-state index is 0. The Labute approximate surface area is 192 Å². The van der Waals surface area contributed by atoms with Crippen molar-refractivity contribution in [3.63, 3.8) is 0 Å². The maximum atomic E-state index is 5.47. The zero-order chi connectivity index (χ0) is 19.8. The summed E-state index contributed by atoms with van der Waals surface area (Å²) >= 11 is 0. The SMILES string of the molecule is CCNC(=NCCc1c[nH]c2c(CC)cccc12)N(C)CCC1CCOCC1.I. The number of benzene rings is 1. The van der Waals surface area contributed by atoms with Crippen molar-refractivity contribution in [3.8, 4) is 0 Å². The summed E-state index contributed by atoms with van der Waals surface area (Å²) in [4.78, 5) is 10.6. The number of hydrogen-bond acceptors (Lipinski definition) is 2. The highest BCUT2D eigenvalue weighted by Crippen LogP contribution is 2.22. The second-order valence-corrected chi connectivity index (χ2v) is 7.76. The van der Waals surface area contributed by atoms with Crippen molar-refractivity contribution in [3.05, 3.63) is 35.5 Å². The van der Waals surface area contributed by atoms with Gasteiger partial charge in [-0.1, -0.05) is 25.1 Å². The van der Waals surface area contributed by atoms with E-state index in [-0.39, 0.29) is 24.0 Å². The first-order valence-corrected chi connectivity index (χ1v) is 10.9. The number of para-hydroxylation sites is 1. The van der Waals surface area contributed by atoms with E-state index >= 15 is 0 Å². The van der Waals surface area contributed by atoms with Gasteiger partial charge in [0.15, 0.2) is 5.96 Å². The van der Waals surface area contributed by atoms with E-state index in [2.05, 4.69) is 60.5 Å². The third-order valence-electron chi connectivity index (χ3n) is 5.82. The molecule has 162 valence electrons. The van der Waals surface area contributed by atoms with E-state index < -0.39 is 0 Å². The number of aromatic amines is 1. The summed E-state index contributed by atoms with van der Waals surface area (Å²) in [6.07, 6.45) is 7.77.